The fourth-order valence-corrected chi connectivity index (χ4v) is 1.53. The highest BCUT2D eigenvalue weighted by Gasteiger charge is 2.02. The molecule has 0 saturated heterocycles. The van der Waals surface area contributed by atoms with Gasteiger partial charge in [-0.05, 0) is 6.07 Å². The lowest BCUT2D eigenvalue weighted by Crippen LogP contribution is -1.85. The monoisotopic (exact) mass is 193 g/mol. The van der Waals surface area contributed by atoms with E-state index in [-0.39, 0.29) is 0 Å². The molecule has 1 aromatic heterocycles. The molecule has 2 rings (SSSR count). The van der Waals surface area contributed by atoms with Gasteiger partial charge in [-0.25, -0.2) is 0 Å². The molecule has 0 aliphatic rings. The maximum Gasteiger partial charge on any atom is 0.128 e. The Kier molecular flexibility index (Phi) is 2.07. The van der Waals surface area contributed by atoms with Crippen LogP contribution in [0.25, 0.3) is 10.8 Å². The minimum Gasteiger partial charge on any atom is -0.496 e. The van der Waals surface area contributed by atoms with E-state index in [0.29, 0.717) is 5.02 Å². The second kappa shape index (κ2) is 3.23. The third kappa shape index (κ3) is 1.33. The van der Waals surface area contributed by atoms with Gasteiger partial charge < -0.3 is 4.74 Å². The number of methoxy groups -OCH3 is 1. The lowest BCUT2D eigenvalue weighted by molar-refractivity contribution is 0.419. The van der Waals surface area contributed by atoms with Crippen molar-refractivity contribution in [3.8, 4) is 5.75 Å². The Morgan fingerprint density at radius 2 is 2.08 bits per heavy atom. The third-order valence-corrected chi connectivity index (χ3v) is 2.24. The van der Waals surface area contributed by atoms with Gasteiger partial charge >= 0.3 is 0 Å². The molecule has 2 nitrogen and oxygen atoms in total. The molecule has 0 aliphatic carbocycles. The molecule has 0 N–H and O–H groups in total. The van der Waals surface area contributed by atoms with Crippen LogP contribution in [-0.2, 0) is 0 Å². The van der Waals surface area contributed by atoms with Gasteiger partial charge in [-0.1, -0.05) is 23.7 Å². The minimum absolute atomic E-state index is 0.649. The van der Waals surface area contributed by atoms with Crippen LogP contribution in [0, 0.1) is 0 Å². The molecule has 0 spiro atoms. The van der Waals surface area contributed by atoms with E-state index in [1.54, 1.807) is 19.5 Å². The number of halogens is 1. The molecule has 0 saturated carbocycles. The van der Waals surface area contributed by atoms with Crippen LogP contribution < -0.4 is 4.74 Å². The van der Waals surface area contributed by atoms with Gasteiger partial charge in [0.1, 0.15) is 5.75 Å². The van der Waals surface area contributed by atoms with Crippen LogP contribution in [0.5, 0.6) is 5.75 Å². The molecule has 13 heavy (non-hydrogen) atoms. The van der Waals surface area contributed by atoms with Crippen LogP contribution in [0.15, 0.2) is 30.6 Å². The first-order chi connectivity index (χ1) is 6.33. The summed E-state index contributed by atoms with van der Waals surface area (Å²) in [6, 6.07) is 5.75. The lowest BCUT2D eigenvalue weighted by atomic mass is 10.1. The maximum absolute atomic E-state index is 5.97. The van der Waals surface area contributed by atoms with Crippen molar-refractivity contribution in [1.82, 2.24) is 4.98 Å². The van der Waals surface area contributed by atoms with Gasteiger partial charge in [0, 0.05) is 23.2 Å². The third-order valence-electron chi connectivity index (χ3n) is 1.93. The molecule has 0 unspecified atom stereocenters. The number of nitrogens with zero attached hydrogens (tertiary/aromatic N) is 1. The van der Waals surface area contributed by atoms with E-state index in [0.717, 1.165) is 16.5 Å². The van der Waals surface area contributed by atoms with Crippen molar-refractivity contribution >= 4 is 22.4 Å². The number of hydrogen-bond donors (Lipinski definition) is 0. The fraction of sp³-hybridized carbons (Fsp3) is 0.100. The highest BCUT2D eigenvalue weighted by Crippen LogP contribution is 2.28. The summed E-state index contributed by atoms with van der Waals surface area (Å²) in [5.74, 6) is 0.799. The number of benzene rings is 1. The smallest absolute Gasteiger partial charge is 0.128 e. The normalized spacial score (nSPS) is 10.3. The zero-order chi connectivity index (χ0) is 9.26. The second-order valence-electron chi connectivity index (χ2n) is 2.68. The molecule has 2 aromatic rings. The molecule has 1 heterocycles. The first-order valence-electron chi connectivity index (χ1n) is 3.89. The van der Waals surface area contributed by atoms with Crippen LogP contribution in [0.3, 0.4) is 0 Å². The molecule has 0 amide bonds. The Bertz CT molecular complexity index is 442. The first kappa shape index (κ1) is 8.32. The maximum atomic E-state index is 5.97. The van der Waals surface area contributed by atoms with Crippen molar-refractivity contribution in [3.05, 3.63) is 35.6 Å². The summed E-state index contributed by atoms with van der Waals surface area (Å²) in [6.07, 6.45) is 3.38. The Labute approximate surface area is 81.1 Å². The second-order valence-corrected chi connectivity index (χ2v) is 3.08. The Morgan fingerprint density at radius 1 is 1.23 bits per heavy atom. The van der Waals surface area contributed by atoms with Crippen molar-refractivity contribution in [2.24, 2.45) is 0 Å². The van der Waals surface area contributed by atoms with Crippen LogP contribution >= 0.6 is 11.6 Å². The number of ether oxygens (including phenoxy) is 1. The topological polar surface area (TPSA) is 22.1 Å². The molecule has 0 fully saturated rings. The summed E-state index contributed by atoms with van der Waals surface area (Å²) in [4.78, 5) is 4.01. The molecular weight excluding hydrogens is 186 g/mol. The molecular formula is C10H8ClNO. The van der Waals surface area contributed by atoms with Gasteiger partial charge in [-0.15, -0.1) is 0 Å². The van der Waals surface area contributed by atoms with Gasteiger partial charge in [-0.2, -0.15) is 0 Å². The van der Waals surface area contributed by atoms with Crippen molar-refractivity contribution in [1.29, 1.82) is 0 Å². The van der Waals surface area contributed by atoms with Crippen molar-refractivity contribution in [2.75, 3.05) is 7.11 Å². The molecule has 3 heteroatoms. The summed E-state index contributed by atoms with van der Waals surface area (Å²) < 4.78 is 5.18. The largest absolute Gasteiger partial charge is 0.496 e. The number of fused-ring (bicyclic) bond motifs is 1. The zero-order valence-electron chi connectivity index (χ0n) is 7.12. The van der Waals surface area contributed by atoms with E-state index in [9.17, 15) is 0 Å². The van der Waals surface area contributed by atoms with Crippen molar-refractivity contribution in [2.45, 2.75) is 0 Å². The van der Waals surface area contributed by atoms with Crippen molar-refractivity contribution in [3.63, 3.8) is 0 Å². The van der Waals surface area contributed by atoms with Crippen LogP contribution in [0.2, 0.25) is 5.02 Å². The zero-order valence-corrected chi connectivity index (χ0v) is 7.88. The number of hydrogen-bond acceptors (Lipinski definition) is 2. The van der Waals surface area contributed by atoms with Gasteiger partial charge in [0.15, 0.2) is 0 Å². The summed E-state index contributed by atoms with van der Waals surface area (Å²) in [5, 5.41) is 2.56. The fourth-order valence-electron chi connectivity index (χ4n) is 1.31. The first-order valence-corrected chi connectivity index (χ1v) is 4.27. The lowest BCUT2D eigenvalue weighted by Gasteiger charge is -2.04. The Morgan fingerprint density at radius 3 is 2.85 bits per heavy atom. The predicted octanol–water partition coefficient (Wildman–Crippen LogP) is 2.90. The van der Waals surface area contributed by atoms with E-state index >= 15 is 0 Å². The van der Waals surface area contributed by atoms with Crippen molar-refractivity contribution < 1.29 is 4.74 Å². The predicted molar refractivity (Wildman–Crippen MR) is 53.3 cm³/mol. The molecule has 1 aromatic carbocycles. The van der Waals surface area contributed by atoms with Crippen LogP contribution in [0.4, 0.5) is 0 Å². The summed E-state index contributed by atoms with van der Waals surface area (Å²) in [6.45, 7) is 0. The standard InChI is InChI=1S/C10H8ClNO/c1-13-10-4-2-3-7-8(10)5-12-6-9(7)11/h2-6H,1H3. The molecule has 0 aliphatic heterocycles. The number of rotatable bonds is 1. The minimum atomic E-state index is 0.649. The quantitative estimate of drug-likeness (QED) is 0.695. The summed E-state index contributed by atoms with van der Waals surface area (Å²) in [7, 11) is 1.63. The molecule has 0 bridgehead atoms. The van der Waals surface area contributed by atoms with Gasteiger partial charge in [0.25, 0.3) is 0 Å². The molecule has 0 atom stereocenters. The van der Waals surface area contributed by atoms with E-state index < -0.39 is 0 Å². The highest BCUT2D eigenvalue weighted by molar-refractivity contribution is 6.35. The molecule has 0 radical (unpaired) electrons. The van der Waals surface area contributed by atoms with Crippen LogP contribution in [-0.4, -0.2) is 12.1 Å². The highest BCUT2D eigenvalue weighted by atomic mass is 35.5. The number of pyridine rings is 1. The van der Waals surface area contributed by atoms with Gasteiger partial charge in [0.05, 0.1) is 12.1 Å². The Hall–Kier alpha value is -1.28. The number of aromatic nitrogens is 1. The average molecular weight is 194 g/mol. The van der Waals surface area contributed by atoms with E-state index in [4.69, 9.17) is 16.3 Å². The average Bonchev–Trinajstić information content (AvgIpc) is 2.18. The summed E-state index contributed by atoms with van der Waals surface area (Å²) in [5.41, 5.74) is 0. The summed E-state index contributed by atoms with van der Waals surface area (Å²) >= 11 is 5.97. The van der Waals surface area contributed by atoms with E-state index in [2.05, 4.69) is 4.98 Å². The SMILES string of the molecule is COc1cccc2c(Cl)cncc12. The van der Waals surface area contributed by atoms with E-state index in [1.807, 2.05) is 18.2 Å². The van der Waals surface area contributed by atoms with E-state index in [1.165, 1.54) is 0 Å². The Balaban J connectivity index is 2.84. The molecule has 66 valence electrons. The van der Waals surface area contributed by atoms with Gasteiger partial charge in [-0.3, -0.25) is 4.98 Å². The van der Waals surface area contributed by atoms with Crippen LogP contribution in [0.1, 0.15) is 0 Å². The van der Waals surface area contributed by atoms with Gasteiger partial charge in [0.2, 0.25) is 0 Å².